The fourth-order valence-corrected chi connectivity index (χ4v) is 2.20. The van der Waals surface area contributed by atoms with Crippen molar-refractivity contribution in [3.05, 3.63) is 24.1 Å². The molecule has 1 aliphatic rings. The molecule has 0 aromatic carbocycles. The average Bonchev–Trinajstić information content (AvgIpc) is 2.79. The van der Waals surface area contributed by atoms with Gasteiger partial charge in [-0.1, -0.05) is 0 Å². The summed E-state index contributed by atoms with van der Waals surface area (Å²) in [6, 6.07) is 3.80. The van der Waals surface area contributed by atoms with Gasteiger partial charge in [0, 0.05) is 31.7 Å². The number of hydrogen-bond acceptors (Lipinski definition) is 5. The van der Waals surface area contributed by atoms with Crippen LogP contribution in [-0.2, 0) is 11.2 Å². The molecular formula is C13H16N2O3. The van der Waals surface area contributed by atoms with Crippen LogP contribution in [-0.4, -0.2) is 47.8 Å². The van der Waals surface area contributed by atoms with Gasteiger partial charge in [0.15, 0.2) is 0 Å². The molecule has 0 aliphatic carbocycles. The molecule has 3 rings (SSSR count). The van der Waals surface area contributed by atoms with E-state index in [1.807, 2.05) is 12.1 Å². The zero-order chi connectivity index (χ0) is 12.4. The van der Waals surface area contributed by atoms with E-state index in [0.717, 1.165) is 45.0 Å². The Morgan fingerprint density at radius 1 is 1.28 bits per heavy atom. The summed E-state index contributed by atoms with van der Waals surface area (Å²) in [5.74, 6) is -0.0581. The maximum absolute atomic E-state index is 9.41. The molecule has 2 aromatic rings. The van der Waals surface area contributed by atoms with Gasteiger partial charge in [0.1, 0.15) is 11.8 Å². The van der Waals surface area contributed by atoms with Gasteiger partial charge >= 0.3 is 0 Å². The second-order valence-corrected chi connectivity index (χ2v) is 4.48. The predicted molar refractivity (Wildman–Crippen MR) is 66.6 cm³/mol. The van der Waals surface area contributed by atoms with E-state index in [9.17, 15) is 5.11 Å². The second-order valence-electron chi connectivity index (χ2n) is 4.48. The molecule has 1 aliphatic heterocycles. The Bertz CT molecular complexity index is 532. The van der Waals surface area contributed by atoms with Gasteiger partial charge < -0.3 is 14.3 Å². The smallest absolute Gasteiger partial charge is 0.291 e. The van der Waals surface area contributed by atoms with Crippen LogP contribution >= 0.6 is 0 Å². The largest absolute Gasteiger partial charge is 0.480 e. The molecule has 0 spiro atoms. The quantitative estimate of drug-likeness (QED) is 0.890. The topological polar surface area (TPSA) is 58.7 Å². The monoisotopic (exact) mass is 248 g/mol. The van der Waals surface area contributed by atoms with Crippen LogP contribution < -0.4 is 0 Å². The van der Waals surface area contributed by atoms with Crippen molar-refractivity contribution in [3.8, 4) is 5.95 Å². The Kier molecular flexibility index (Phi) is 3.17. The van der Waals surface area contributed by atoms with Crippen LogP contribution in [0.25, 0.3) is 10.9 Å². The van der Waals surface area contributed by atoms with E-state index in [1.165, 1.54) is 6.26 Å². The third-order valence-corrected chi connectivity index (χ3v) is 3.28. The van der Waals surface area contributed by atoms with Gasteiger partial charge in [-0.25, -0.2) is 4.98 Å². The van der Waals surface area contributed by atoms with Crippen molar-refractivity contribution in [2.75, 3.05) is 32.8 Å². The van der Waals surface area contributed by atoms with E-state index in [-0.39, 0.29) is 5.95 Å². The Hall–Kier alpha value is -1.59. The molecule has 1 N–H and O–H groups in total. The van der Waals surface area contributed by atoms with E-state index >= 15 is 0 Å². The minimum atomic E-state index is -0.0581. The summed E-state index contributed by atoms with van der Waals surface area (Å²) in [4.78, 5) is 6.85. The number of aromatic hydroxyl groups is 1. The zero-order valence-electron chi connectivity index (χ0n) is 10.1. The molecule has 0 saturated carbocycles. The number of aromatic nitrogens is 1. The van der Waals surface area contributed by atoms with Crippen molar-refractivity contribution in [1.82, 2.24) is 9.88 Å². The molecular weight excluding hydrogens is 232 g/mol. The summed E-state index contributed by atoms with van der Waals surface area (Å²) in [5.41, 5.74) is 1.74. The van der Waals surface area contributed by atoms with Crippen LogP contribution in [0.15, 0.2) is 22.8 Å². The standard InChI is InChI=1S/C13H16N2O3/c16-13-11-2-1-10(14-12(11)9-18-13)3-4-15-5-7-17-8-6-15/h1-2,9,16H,3-8H2. The number of fused-ring (bicyclic) bond motifs is 1. The molecule has 5 nitrogen and oxygen atoms in total. The molecule has 1 fully saturated rings. The van der Waals surface area contributed by atoms with Crippen molar-refractivity contribution in [1.29, 1.82) is 0 Å². The number of rotatable bonds is 3. The predicted octanol–water partition coefficient (Wildman–Crippen LogP) is 1.41. The summed E-state index contributed by atoms with van der Waals surface area (Å²) in [7, 11) is 0. The van der Waals surface area contributed by atoms with Crippen molar-refractivity contribution in [2.24, 2.45) is 0 Å². The summed E-state index contributed by atoms with van der Waals surface area (Å²) in [6.45, 7) is 4.62. The van der Waals surface area contributed by atoms with Crippen molar-refractivity contribution >= 4 is 10.9 Å². The minimum absolute atomic E-state index is 0.0581. The Balaban J connectivity index is 1.66. The molecule has 1 saturated heterocycles. The second kappa shape index (κ2) is 4.96. The van der Waals surface area contributed by atoms with Gasteiger partial charge in [-0.05, 0) is 12.1 Å². The number of hydrogen-bond donors (Lipinski definition) is 1. The molecule has 2 aromatic heterocycles. The van der Waals surface area contributed by atoms with Crippen LogP contribution in [0, 0.1) is 0 Å². The SMILES string of the molecule is Oc1occ2nc(CCN3CCOCC3)ccc12. The van der Waals surface area contributed by atoms with Crippen molar-refractivity contribution < 1.29 is 14.3 Å². The molecule has 0 bridgehead atoms. The lowest BCUT2D eigenvalue weighted by molar-refractivity contribution is 0.0383. The molecule has 18 heavy (non-hydrogen) atoms. The first-order valence-corrected chi connectivity index (χ1v) is 6.19. The lowest BCUT2D eigenvalue weighted by Crippen LogP contribution is -2.37. The maximum atomic E-state index is 9.41. The van der Waals surface area contributed by atoms with Gasteiger partial charge in [-0.3, -0.25) is 4.90 Å². The summed E-state index contributed by atoms with van der Waals surface area (Å²) >= 11 is 0. The summed E-state index contributed by atoms with van der Waals surface area (Å²) < 4.78 is 10.2. The van der Waals surface area contributed by atoms with E-state index < -0.39 is 0 Å². The number of morpholine rings is 1. The fraction of sp³-hybridized carbons (Fsp3) is 0.462. The highest BCUT2D eigenvalue weighted by molar-refractivity contribution is 5.82. The first kappa shape index (κ1) is 11.5. The normalized spacial score (nSPS) is 17.3. The van der Waals surface area contributed by atoms with E-state index in [0.29, 0.717) is 10.9 Å². The van der Waals surface area contributed by atoms with Crippen molar-refractivity contribution in [2.45, 2.75) is 6.42 Å². The van der Waals surface area contributed by atoms with Crippen LogP contribution in [0.3, 0.4) is 0 Å². The summed E-state index contributed by atoms with van der Waals surface area (Å²) in [5, 5.41) is 10.1. The maximum Gasteiger partial charge on any atom is 0.291 e. The van der Waals surface area contributed by atoms with Crippen molar-refractivity contribution in [3.63, 3.8) is 0 Å². The lowest BCUT2D eigenvalue weighted by Gasteiger charge is -2.26. The molecule has 5 heteroatoms. The third kappa shape index (κ3) is 2.32. The highest BCUT2D eigenvalue weighted by Crippen LogP contribution is 2.25. The number of pyridine rings is 1. The van der Waals surface area contributed by atoms with Crippen LogP contribution in [0.5, 0.6) is 5.95 Å². The number of nitrogens with zero attached hydrogens (tertiary/aromatic N) is 2. The average molecular weight is 248 g/mol. The minimum Gasteiger partial charge on any atom is -0.480 e. The van der Waals surface area contributed by atoms with E-state index in [1.54, 1.807) is 0 Å². The zero-order valence-corrected chi connectivity index (χ0v) is 10.1. The highest BCUT2D eigenvalue weighted by atomic mass is 16.5. The molecule has 96 valence electrons. The Labute approximate surface area is 105 Å². The van der Waals surface area contributed by atoms with Crippen LogP contribution in [0.4, 0.5) is 0 Å². The molecule has 0 radical (unpaired) electrons. The van der Waals surface area contributed by atoms with Gasteiger partial charge in [-0.15, -0.1) is 0 Å². The first-order valence-electron chi connectivity index (χ1n) is 6.19. The van der Waals surface area contributed by atoms with Crippen LogP contribution in [0.1, 0.15) is 5.69 Å². The molecule has 3 heterocycles. The van der Waals surface area contributed by atoms with Gasteiger partial charge in [0.25, 0.3) is 5.95 Å². The Morgan fingerprint density at radius 2 is 2.11 bits per heavy atom. The van der Waals surface area contributed by atoms with Gasteiger partial charge in [0.05, 0.1) is 18.6 Å². The Morgan fingerprint density at radius 3 is 2.94 bits per heavy atom. The van der Waals surface area contributed by atoms with Gasteiger partial charge in [0.2, 0.25) is 0 Å². The third-order valence-electron chi connectivity index (χ3n) is 3.28. The molecule has 0 atom stereocenters. The van der Waals surface area contributed by atoms with E-state index in [2.05, 4.69) is 9.88 Å². The molecule has 0 unspecified atom stereocenters. The number of ether oxygens (including phenoxy) is 1. The van der Waals surface area contributed by atoms with E-state index in [4.69, 9.17) is 9.15 Å². The first-order chi connectivity index (χ1) is 8.83. The number of furan rings is 1. The fourth-order valence-electron chi connectivity index (χ4n) is 2.20. The van der Waals surface area contributed by atoms with Gasteiger partial charge in [-0.2, -0.15) is 0 Å². The summed E-state index contributed by atoms with van der Waals surface area (Å²) in [6.07, 6.45) is 2.39. The molecule has 0 amide bonds. The lowest BCUT2D eigenvalue weighted by atomic mass is 10.2. The van der Waals surface area contributed by atoms with Crippen LogP contribution in [0.2, 0.25) is 0 Å². The highest BCUT2D eigenvalue weighted by Gasteiger charge is 2.11.